The molecule has 1 aliphatic heterocycles. The lowest BCUT2D eigenvalue weighted by molar-refractivity contribution is 0.164. The zero-order valence-electron chi connectivity index (χ0n) is 16.3. The van der Waals surface area contributed by atoms with Gasteiger partial charge in [0, 0.05) is 12.6 Å². The van der Waals surface area contributed by atoms with Crippen LogP contribution in [0.1, 0.15) is 36.4 Å². The van der Waals surface area contributed by atoms with Gasteiger partial charge in [-0.3, -0.25) is 4.90 Å². The molecule has 1 heterocycles. The van der Waals surface area contributed by atoms with Gasteiger partial charge in [-0.25, -0.2) is 13.1 Å². The Bertz CT molecular complexity index is 981. The second-order valence-electron chi connectivity index (χ2n) is 6.99. The molecule has 0 saturated carbocycles. The van der Waals surface area contributed by atoms with Crippen LogP contribution >= 0.6 is 11.6 Å². The highest BCUT2D eigenvalue weighted by Gasteiger charge is 2.25. The Hall–Kier alpha value is -2.11. The van der Waals surface area contributed by atoms with Gasteiger partial charge in [0.1, 0.15) is 11.8 Å². The van der Waals surface area contributed by atoms with Crippen molar-refractivity contribution in [1.82, 2.24) is 9.62 Å². The molecule has 2 aromatic rings. The number of nitrogens with one attached hydrogen (secondary N) is 1. The van der Waals surface area contributed by atoms with Crippen molar-refractivity contribution in [3.63, 3.8) is 0 Å². The number of likely N-dealkylation sites (tertiary alicyclic amines) is 1. The van der Waals surface area contributed by atoms with Crippen molar-refractivity contribution in [1.29, 1.82) is 5.26 Å². The number of rotatable bonds is 7. The van der Waals surface area contributed by atoms with E-state index in [-0.39, 0.29) is 28.1 Å². The Morgan fingerprint density at radius 1 is 1.17 bits per heavy atom. The predicted molar refractivity (Wildman–Crippen MR) is 113 cm³/mol. The number of piperidine rings is 1. The molecule has 8 heteroatoms. The zero-order chi connectivity index (χ0) is 20.9. The molecule has 0 aromatic heterocycles. The van der Waals surface area contributed by atoms with Gasteiger partial charge in [0.15, 0.2) is 0 Å². The second kappa shape index (κ2) is 9.59. The van der Waals surface area contributed by atoms with Gasteiger partial charge in [0.25, 0.3) is 0 Å². The number of halogens is 1. The topological polar surface area (TPSA) is 82.4 Å². The number of nitrogens with zero attached hydrogens (tertiary/aromatic N) is 2. The molecule has 0 bridgehead atoms. The van der Waals surface area contributed by atoms with E-state index < -0.39 is 10.0 Å². The number of sulfonamides is 1. The molecule has 29 heavy (non-hydrogen) atoms. The molecule has 0 radical (unpaired) electrons. The van der Waals surface area contributed by atoms with E-state index in [4.69, 9.17) is 21.6 Å². The number of ether oxygens (including phenoxy) is 1. The van der Waals surface area contributed by atoms with Gasteiger partial charge in [-0.2, -0.15) is 5.26 Å². The highest BCUT2D eigenvalue weighted by Crippen LogP contribution is 2.27. The Labute approximate surface area is 177 Å². The van der Waals surface area contributed by atoms with Gasteiger partial charge < -0.3 is 4.74 Å². The standard InChI is InChI=1S/C21H24ClN3O3S/c1-28-18-8-5-16(6-9-18)21(25-11-3-2-4-12-25)15-24-29(26,27)19-10-7-17(14-23)20(22)13-19/h5-10,13,21,24H,2-4,11-12,15H2,1H3. The maximum Gasteiger partial charge on any atom is 0.240 e. The molecule has 1 fully saturated rings. The first-order chi connectivity index (χ1) is 13.9. The smallest absolute Gasteiger partial charge is 0.240 e. The van der Waals surface area contributed by atoms with Gasteiger partial charge in [-0.05, 0) is 61.8 Å². The number of nitriles is 1. The summed E-state index contributed by atoms with van der Waals surface area (Å²) in [5.41, 5.74) is 1.28. The third-order valence-electron chi connectivity index (χ3n) is 5.17. The number of methoxy groups -OCH3 is 1. The van der Waals surface area contributed by atoms with Crippen LogP contribution in [0.3, 0.4) is 0 Å². The monoisotopic (exact) mass is 433 g/mol. The third-order valence-corrected chi connectivity index (χ3v) is 6.90. The molecule has 1 atom stereocenters. The van der Waals surface area contributed by atoms with Crippen LogP contribution in [0.5, 0.6) is 5.75 Å². The molecule has 0 amide bonds. The fourth-order valence-electron chi connectivity index (χ4n) is 3.54. The molecule has 0 spiro atoms. The van der Waals surface area contributed by atoms with Gasteiger partial charge in [-0.1, -0.05) is 30.2 Å². The zero-order valence-corrected chi connectivity index (χ0v) is 17.8. The fraction of sp³-hybridized carbons (Fsp3) is 0.381. The van der Waals surface area contributed by atoms with Crippen molar-refractivity contribution in [3.8, 4) is 11.8 Å². The highest BCUT2D eigenvalue weighted by atomic mass is 35.5. The average Bonchev–Trinajstić information content (AvgIpc) is 2.75. The summed E-state index contributed by atoms with van der Waals surface area (Å²) in [5, 5.41) is 9.11. The summed E-state index contributed by atoms with van der Waals surface area (Å²) in [6, 6.07) is 13.7. The molecular weight excluding hydrogens is 410 g/mol. The Kier molecular flexibility index (Phi) is 7.14. The van der Waals surface area contributed by atoms with E-state index in [1.54, 1.807) is 7.11 Å². The normalized spacial score (nSPS) is 16.2. The lowest BCUT2D eigenvalue weighted by atomic mass is 10.0. The lowest BCUT2D eigenvalue weighted by Crippen LogP contribution is -2.40. The first kappa shape index (κ1) is 21.6. The van der Waals surface area contributed by atoms with E-state index in [1.165, 1.54) is 24.6 Å². The summed E-state index contributed by atoms with van der Waals surface area (Å²) < 4.78 is 33.6. The van der Waals surface area contributed by atoms with E-state index in [9.17, 15) is 8.42 Å². The minimum atomic E-state index is -3.76. The second-order valence-corrected chi connectivity index (χ2v) is 9.17. The van der Waals surface area contributed by atoms with Gasteiger partial charge >= 0.3 is 0 Å². The Morgan fingerprint density at radius 2 is 1.86 bits per heavy atom. The van der Waals surface area contributed by atoms with Crippen LogP contribution in [0, 0.1) is 11.3 Å². The van der Waals surface area contributed by atoms with Crippen LogP contribution in [0.25, 0.3) is 0 Å². The van der Waals surface area contributed by atoms with Crippen molar-refractivity contribution >= 4 is 21.6 Å². The largest absolute Gasteiger partial charge is 0.497 e. The Balaban J connectivity index is 1.81. The van der Waals surface area contributed by atoms with E-state index in [2.05, 4.69) is 9.62 Å². The molecule has 0 aliphatic carbocycles. The molecule has 1 saturated heterocycles. The van der Waals surface area contributed by atoms with Crippen molar-refractivity contribution in [2.24, 2.45) is 0 Å². The quantitative estimate of drug-likeness (QED) is 0.719. The molecule has 1 unspecified atom stereocenters. The summed E-state index contributed by atoms with van der Waals surface area (Å²) in [7, 11) is -2.14. The van der Waals surface area contributed by atoms with Crippen LogP contribution in [-0.2, 0) is 10.0 Å². The predicted octanol–water partition coefficient (Wildman–Crippen LogP) is 3.73. The molecule has 1 aliphatic rings. The number of hydrogen-bond acceptors (Lipinski definition) is 5. The minimum Gasteiger partial charge on any atom is -0.497 e. The summed E-state index contributed by atoms with van der Waals surface area (Å²) in [5.74, 6) is 0.763. The van der Waals surface area contributed by atoms with Crippen molar-refractivity contribution in [2.45, 2.75) is 30.2 Å². The minimum absolute atomic E-state index is 0.0497. The fourth-order valence-corrected chi connectivity index (χ4v) is 4.89. The maximum absolute atomic E-state index is 12.8. The van der Waals surface area contributed by atoms with E-state index in [0.717, 1.165) is 37.2 Å². The van der Waals surface area contributed by atoms with E-state index in [1.807, 2.05) is 30.3 Å². The van der Waals surface area contributed by atoms with Crippen LogP contribution in [0.2, 0.25) is 5.02 Å². The third kappa shape index (κ3) is 5.28. The van der Waals surface area contributed by atoms with Gasteiger partial charge in [0.05, 0.1) is 22.6 Å². The maximum atomic E-state index is 12.8. The van der Waals surface area contributed by atoms with E-state index >= 15 is 0 Å². The first-order valence-electron chi connectivity index (χ1n) is 9.52. The van der Waals surface area contributed by atoms with Crippen molar-refractivity contribution in [2.75, 3.05) is 26.7 Å². The average molecular weight is 434 g/mol. The molecule has 154 valence electrons. The number of hydrogen-bond donors (Lipinski definition) is 1. The molecule has 3 rings (SSSR count). The van der Waals surface area contributed by atoms with E-state index in [0.29, 0.717) is 0 Å². The highest BCUT2D eigenvalue weighted by molar-refractivity contribution is 7.89. The SMILES string of the molecule is COc1ccc(C(CNS(=O)(=O)c2ccc(C#N)c(Cl)c2)N2CCCCC2)cc1. The van der Waals surface area contributed by atoms with Crippen molar-refractivity contribution in [3.05, 3.63) is 58.6 Å². The lowest BCUT2D eigenvalue weighted by Gasteiger charge is -2.35. The molecule has 2 aromatic carbocycles. The van der Waals surface area contributed by atoms with Crippen LogP contribution in [0.15, 0.2) is 47.4 Å². The molecule has 6 nitrogen and oxygen atoms in total. The van der Waals surface area contributed by atoms with Crippen LogP contribution < -0.4 is 9.46 Å². The number of benzene rings is 2. The van der Waals surface area contributed by atoms with Crippen LogP contribution in [0.4, 0.5) is 0 Å². The Morgan fingerprint density at radius 3 is 2.45 bits per heavy atom. The van der Waals surface area contributed by atoms with Crippen LogP contribution in [-0.4, -0.2) is 40.1 Å². The summed E-state index contributed by atoms with van der Waals surface area (Å²) in [6.45, 7) is 2.11. The summed E-state index contributed by atoms with van der Waals surface area (Å²) in [4.78, 5) is 2.37. The molecular formula is C21H24ClN3O3S. The summed E-state index contributed by atoms with van der Waals surface area (Å²) in [6.07, 6.45) is 3.40. The first-order valence-corrected chi connectivity index (χ1v) is 11.4. The molecule has 1 N–H and O–H groups in total. The van der Waals surface area contributed by atoms with Gasteiger partial charge in [-0.15, -0.1) is 0 Å². The summed E-state index contributed by atoms with van der Waals surface area (Å²) >= 11 is 6.01. The van der Waals surface area contributed by atoms with Gasteiger partial charge in [0.2, 0.25) is 10.0 Å². The van der Waals surface area contributed by atoms with Crippen molar-refractivity contribution < 1.29 is 13.2 Å².